The van der Waals surface area contributed by atoms with E-state index in [-0.39, 0.29) is 24.2 Å². The zero-order valence-electron chi connectivity index (χ0n) is 20.3. The number of aryl methyl sites for hydroxylation is 1. The molecule has 2 aromatic heterocycles. The van der Waals surface area contributed by atoms with E-state index < -0.39 is 35.3 Å². The predicted molar refractivity (Wildman–Crippen MR) is 138 cm³/mol. The summed E-state index contributed by atoms with van der Waals surface area (Å²) < 4.78 is 6.12. The molecule has 3 unspecified atom stereocenters. The van der Waals surface area contributed by atoms with Crippen LogP contribution in [0.1, 0.15) is 39.8 Å². The van der Waals surface area contributed by atoms with Crippen LogP contribution in [0.15, 0.2) is 77.6 Å². The normalized spacial score (nSPS) is 20.9. The molecule has 0 aliphatic carbocycles. The highest BCUT2D eigenvalue weighted by molar-refractivity contribution is 6.30. The summed E-state index contributed by atoms with van der Waals surface area (Å²) in [6.45, 7) is 1.75. The molecule has 1 aliphatic rings. The van der Waals surface area contributed by atoms with Crippen LogP contribution in [-0.2, 0) is 16.0 Å². The number of hydrogen-bond acceptors (Lipinski definition) is 5. The van der Waals surface area contributed by atoms with Crippen molar-refractivity contribution < 1.29 is 29.0 Å². The number of nitrogens with zero attached hydrogens (tertiary/aromatic N) is 2. The number of aromatic nitrogens is 2. The zero-order chi connectivity index (χ0) is 27.0. The summed E-state index contributed by atoms with van der Waals surface area (Å²) in [5.74, 6) is -3.76. The number of aliphatic carboxylic acids is 2. The van der Waals surface area contributed by atoms with Crippen molar-refractivity contribution >= 4 is 29.4 Å². The number of furan rings is 1. The lowest BCUT2D eigenvalue weighted by Crippen LogP contribution is -2.55. The van der Waals surface area contributed by atoms with Crippen molar-refractivity contribution in [2.24, 2.45) is 5.92 Å². The fourth-order valence-electron chi connectivity index (χ4n) is 5.23. The molecule has 194 valence electrons. The van der Waals surface area contributed by atoms with E-state index >= 15 is 0 Å². The van der Waals surface area contributed by atoms with Gasteiger partial charge < -0.3 is 24.5 Å². The Labute approximate surface area is 222 Å². The minimum absolute atomic E-state index is 0.162. The van der Waals surface area contributed by atoms with E-state index in [4.69, 9.17) is 16.0 Å². The summed E-state index contributed by atoms with van der Waals surface area (Å²) in [5, 5.41) is 21.4. The number of carbonyl (C=O) groups is 3. The third kappa shape index (κ3) is 4.35. The first-order chi connectivity index (χ1) is 18.2. The molecule has 0 saturated carbocycles. The monoisotopic (exact) mass is 533 g/mol. The molecular weight excluding hydrogens is 510 g/mol. The highest BCUT2D eigenvalue weighted by Gasteiger charge is 2.62. The summed E-state index contributed by atoms with van der Waals surface area (Å²) in [7, 11) is 0. The second kappa shape index (κ2) is 9.83. The van der Waals surface area contributed by atoms with Gasteiger partial charge in [0, 0.05) is 34.5 Å². The number of carboxylic acid groups (broad SMARTS) is 2. The van der Waals surface area contributed by atoms with E-state index in [0.29, 0.717) is 27.6 Å². The van der Waals surface area contributed by atoms with Gasteiger partial charge in [0.2, 0.25) is 0 Å². The van der Waals surface area contributed by atoms with Crippen molar-refractivity contribution in [3.63, 3.8) is 0 Å². The van der Waals surface area contributed by atoms with Gasteiger partial charge in [0.1, 0.15) is 23.1 Å². The van der Waals surface area contributed by atoms with Gasteiger partial charge in [-0.2, -0.15) is 0 Å². The Morgan fingerprint density at radius 2 is 1.84 bits per heavy atom. The molecule has 5 rings (SSSR count). The summed E-state index contributed by atoms with van der Waals surface area (Å²) in [6.07, 6.45) is 2.39. The summed E-state index contributed by atoms with van der Waals surface area (Å²) >= 11 is 6.00. The molecule has 3 atom stereocenters. The quantitative estimate of drug-likeness (QED) is 0.304. The fraction of sp³-hybridized carbons (Fsp3) is 0.214. The molecule has 3 heterocycles. The van der Waals surface area contributed by atoms with Crippen molar-refractivity contribution in [3.05, 3.63) is 101 Å². The number of halogens is 1. The number of likely N-dealkylation sites (tertiary alicyclic amines) is 1. The molecule has 0 spiro atoms. The summed E-state index contributed by atoms with van der Waals surface area (Å²) in [6, 6.07) is 15.8. The van der Waals surface area contributed by atoms with Gasteiger partial charge >= 0.3 is 11.9 Å². The highest BCUT2D eigenvalue weighted by Crippen LogP contribution is 2.50. The number of carboxylic acids is 2. The third-order valence-corrected chi connectivity index (χ3v) is 7.32. The van der Waals surface area contributed by atoms with Gasteiger partial charge in [0.15, 0.2) is 0 Å². The molecule has 38 heavy (non-hydrogen) atoms. The standard InChI is InChI=1S/C28H24ClN3O6/c1-16-4-2-3-5-20(16)25(33)32-24(23-11-10-22(38-23)17-6-8-18(29)9-7-17)21(26(34)35)13-28(32,27(36)37)12-19-14-30-15-31-19/h2-11,14-15,21,24H,12-13H2,1H3,(H,30,31)(H,34,35)(H,36,37). The number of amides is 1. The van der Waals surface area contributed by atoms with Crippen LogP contribution in [0.3, 0.4) is 0 Å². The average Bonchev–Trinajstić information content (AvgIpc) is 3.64. The first-order valence-electron chi connectivity index (χ1n) is 11.9. The first-order valence-corrected chi connectivity index (χ1v) is 12.3. The van der Waals surface area contributed by atoms with E-state index in [1.54, 1.807) is 67.6 Å². The Bertz CT molecular complexity index is 1500. The molecule has 9 nitrogen and oxygen atoms in total. The van der Waals surface area contributed by atoms with E-state index in [1.165, 1.54) is 17.4 Å². The molecule has 2 aromatic carbocycles. The SMILES string of the molecule is Cc1ccccc1C(=O)N1C(c2ccc(-c3ccc(Cl)cc3)o2)C(C(=O)O)CC1(Cc1cnc[nH]1)C(=O)O. The average molecular weight is 534 g/mol. The van der Waals surface area contributed by atoms with E-state index in [1.807, 2.05) is 0 Å². The molecule has 1 saturated heterocycles. The minimum atomic E-state index is -1.88. The number of imidazole rings is 1. The molecule has 4 aromatic rings. The lowest BCUT2D eigenvalue weighted by Gasteiger charge is -2.37. The maximum absolute atomic E-state index is 14.2. The first kappa shape index (κ1) is 25.3. The van der Waals surface area contributed by atoms with Crippen molar-refractivity contribution in [1.29, 1.82) is 0 Å². The topological polar surface area (TPSA) is 137 Å². The second-order valence-corrected chi connectivity index (χ2v) is 9.82. The Morgan fingerprint density at radius 1 is 1.11 bits per heavy atom. The zero-order valence-corrected chi connectivity index (χ0v) is 21.1. The van der Waals surface area contributed by atoms with Gasteiger partial charge in [0.25, 0.3) is 5.91 Å². The Kier molecular flexibility index (Phi) is 6.54. The molecular formula is C28H24ClN3O6. The van der Waals surface area contributed by atoms with E-state index in [0.717, 1.165) is 0 Å². The van der Waals surface area contributed by atoms with Crippen LogP contribution in [0.2, 0.25) is 5.02 Å². The number of aromatic amines is 1. The Hall–Kier alpha value is -4.37. The van der Waals surface area contributed by atoms with Crippen molar-refractivity contribution in [2.75, 3.05) is 0 Å². The van der Waals surface area contributed by atoms with Crippen LogP contribution in [0, 0.1) is 12.8 Å². The molecule has 0 bridgehead atoms. The van der Waals surface area contributed by atoms with Gasteiger partial charge in [-0.3, -0.25) is 9.59 Å². The third-order valence-electron chi connectivity index (χ3n) is 7.07. The second-order valence-electron chi connectivity index (χ2n) is 9.38. The molecule has 3 N–H and O–H groups in total. The van der Waals surface area contributed by atoms with Crippen LogP contribution in [-0.4, -0.2) is 48.5 Å². The molecule has 0 radical (unpaired) electrons. The maximum Gasteiger partial charge on any atom is 0.330 e. The van der Waals surface area contributed by atoms with Gasteiger partial charge in [0.05, 0.1) is 12.2 Å². The number of rotatable bonds is 7. The maximum atomic E-state index is 14.2. The van der Waals surface area contributed by atoms with Crippen molar-refractivity contribution in [2.45, 2.75) is 31.3 Å². The number of H-pyrrole nitrogens is 1. The minimum Gasteiger partial charge on any atom is -0.481 e. The van der Waals surface area contributed by atoms with Gasteiger partial charge in [-0.05, 0) is 61.4 Å². The van der Waals surface area contributed by atoms with Crippen LogP contribution >= 0.6 is 11.6 Å². The molecule has 10 heteroatoms. The van der Waals surface area contributed by atoms with E-state index in [9.17, 15) is 24.6 Å². The highest BCUT2D eigenvalue weighted by atomic mass is 35.5. The number of carbonyl (C=O) groups excluding carboxylic acids is 1. The number of benzene rings is 2. The summed E-state index contributed by atoms with van der Waals surface area (Å²) in [4.78, 5) is 47.8. The largest absolute Gasteiger partial charge is 0.481 e. The Balaban J connectivity index is 1.68. The smallest absolute Gasteiger partial charge is 0.330 e. The predicted octanol–water partition coefficient (Wildman–Crippen LogP) is 4.99. The number of hydrogen-bond donors (Lipinski definition) is 3. The van der Waals surface area contributed by atoms with Crippen LogP contribution in [0.5, 0.6) is 0 Å². The number of nitrogens with one attached hydrogen (secondary N) is 1. The van der Waals surface area contributed by atoms with E-state index in [2.05, 4.69) is 9.97 Å². The van der Waals surface area contributed by atoms with Gasteiger partial charge in [-0.15, -0.1) is 0 Å². The molecule has 1 aliphatic heterocycles. The van der Waals surface area contributed by atoms with Crippen LogP contribution in [0.25, 0.3) is 11.3 Å². The van der Waals surface area contributed by atoms with Crippen molar-refractivity contribution in [3.8, 4) is 11.3 Å². The summed E-state index contributed by atoms with van der Waals surface area (Å²) in [5.41, 5.74) is 0.193. The molecule has 1 fully saturated rings. The van der Waals surface area contributed by atoms with Crippen LogP contribution < -0.4 is 0 Å². The van der Waals surface area contributed by atoms with Gasteiger partial charge in [-0.25, -0.2) is 9.78 Å². The van der Waals surface area contributed by atoms with Gasteiger partial charge in [-0.1, -0.05) is 29.8 Å². The lowest BCUT2D eigenvalue weighted by molar-refractivity contribution is -0.149. The van der Waals surface area contributed by atoms with Crippen molar-refractivity contribution in [1.82, 2.24) is 14.9 Å². The van der Waals surface area contributed by atoms with Crippen LogP contribution in [0.4, 0.5) is 0 Å². The Morgan fingerprint density at radius 3 is 2.47 bits per heavy atom. The molecule has 1 amide bonds. The lowest BCUT2D eigenvalue weighted by atomic mass is 9.86. The fourth-order valence-corrected chi connectivity index (χ4v) is 5.36.